The van der Waals surface area contributed by atoms with Gasteiger partial charge in [0.25, 0.3) is 0 Å². The number of carbonyl (C=O) groups is 1. The molecule has 162 valence electrons. The Hall–Kier alpha value is -2.58. The molecule has 0 bridgehead atoms. The Morgan fingerprint density at radius 1 is 1.13 bits per heavy atom. The normalized spacial score (nSPS) is 15.6. The fourth-order valence-electron chi connectivity index (χ4n) is 3.53. The molecule has 0 radical (unpaired) electrons. The summed E-state index contributed by atoms with van der Waals surface area (Å²) in [4.78, 5) is 12.8. The highest BCUT2D eigenvalue weighted by Crippen LogP contribution is 2.28. The number of ether oxygens (including phenoxy) is 2. The average Bonchev–Trinajstić information content (AvgIpc) is 2.76. The number of nitrogens with zero attached hydrogens (tertiary/aromatic N) is 1. The SMILES string of the molecule is CCOc1ccc(S(=O)(=O)N2CCC(C(=O)Nc3ccc(OC)cc3)CC2)cc1C. The highest BCUT2D eigenvalue weighted by molar-refractivity contribution is 7.89. The zero-order chi connectivity index (χ0) is 21.7. The van der Waals surface area contributed by atoms with Gasteiger partial charge < -0.3 is 14.8 Å². The number of hydrogen-bond donors (Lipinski definition) is 1. The van der Waals surface area contributed by atoms with Gasteiger partial charge in [0, 0.05) is 24.7 Å². The number of hydrogen-bond acceptors (Lipinski definition) is 5. The molecule has 30 heavy (non-hydrogen) atoms. The first kappa shape index (κ1) is 22.1. The first-order valence-corrected chi connectivity index (χ1v) is 11.5. The Morgan fingerprint density at radius 2 is 1.80 bits per heavy atom. The van der Waals surface area contributed by atoms with Crippen molar-refractivity contribution in [1.29, 1.82) is 0 Å². The maximum absolute atomic E-state index is 13.0. The van der Waals surface area contributed by atoms with Gasteiger partial charge in [0.15, 0.2) is 0 Å². The van der Waals surface area contributed by atoms with E-state index in [0.717, 1.165) is 11.3 Å². The number of nitrogens with one attached hydrogen (secondary N) is 1. The van der Waals surface area contributed by atoms with E-state index in [4.69, 9.17) is 9.47 Å². The van der Waals surface area contributed by atoms with Crippen LogP contribution in [-0.2, 0) is 14.8 Å². The second-order valence-electron chi connectivity index (χ2n) is 7.26. The Labute approximate surface area is 178 Å². The van der Waals surface area contributed by atoms with Crippen LogP contribution >= 0.6 is 0 Å². The molecular formula is C22H28N2O5S. The van der Waals surface area contributed by atoms with Gasteiger partial charge in [-0.3, -0.25) is 4.79 Å². The molecule has 1 amide bonds. The van der Waals surface area contributed by atoms with Crippen molar-refractivity contribution >= 4 is 21.6 Å². The lowest BCUT2D eigenvalue weighted by Gasteiger charge is -2.30. The van der Waals surface area contributed by atoms with Crippen molar-refractivity contribution in [3.63, 3.8) is 0 Å². The van der Waals surface area contributed by atoms with Gasteiger partial charge in [-0.15, -0.1) is 0 Å². The van der Waals surface area contributed by atoms with Crippen LogP contribution in [0.15, 0.2) is 47.4 Å². The second kappa shape index (κ2) is 9.49. The third-order valence-electron chi connectivity index (χ3n) is 5.27. The molecule has 0 unspecified atom stereocenters. The maximum atomic E-state index is 13.0. The Morgan fingerprint density at radius 3 is 2.37 bits per heavy atom. The lowest BCUT2D eigenvalue weighted by atomic mass is 9.97. The van der Waals surface area contributed by atoms with E-state index in [2.05, 4.69) is 5.32 Å². The molecule has 0 aromatic heterocycles. The van der Waals surface area contributed by atoms with Crippen molar-refractivity contribution in [2.75, 3.05) is 32.1 Å². The number of anilines is 1. The molecule has 1 saturated heterocycles. The molecule has 1 aliphatic rings. The molecule has 0 saturated carbocycles. The van der Waals surface area contributed by atoms with Crippen molar-refractivity contribution < 1.29 is 22.7 Å². The van der Waals surface area contributed by atoms with E-state index < -0.39 is 10.0 Å². The smallest absolute Gasteiger partial charge is 0.243 e. The average molecular weight is 433 g/mol. The molecular weight excluding hydrogens is 404 g/mol. The van der Waals surface area contributed by atoms with Gasteiger partial charge in [-0.1, -0.05) is 0 Å². The number of rotatable bonds is 7. The van der Waals surface area contributed by atoms with Gasteiger partial charge in [-0.05, 0) is 74.7 Å². The number of sulfonamides is 1. The van der Waals surface area contributed by atoms with E-state index in [-0.39, 0.29) is 16.7 Å². The number of carbonyl (C=O) groups excluding carboxylic acids is 1. The van der Waals surface area contributed by atoms with E-state index in [1.54, 1.807) is 49.6 Å². The topological polar surface area (TPSA) is 84.9 Å². The van der Waals surface area contributed by atoms with E-state index in [0.29, 0.717) is 44.0 Å². The molecule has 0 atom stereocenters. The van der Waals surface area contributed by atoms with Crippen LogP contribution in [0.5, 0.6) is 11.5 Å². The lowest BCUT2D eigenvalue weighted by molar-refractivity contribution is -0.120. The zero-order valence-electron chi connectivity index (χ0n) is 17.6. The van der Waals surface area contributed by atoms with E-state index in [1.165, 1.54) is 4.31 Å². The zero-order valence-corrected chi connectivity index (χ0v) is 18.4. The predicted molar refractivity (Wildman–Crippen MR) is 115 cm³/mol. The fraction of sp³-hybridized carbons (Fsp3) is 0.409. The molecule has 1 aliphatic heterocycles. The molecule has 2 aromatic carbocycles. The summed E-state index contributed by atoms with van der Waals surface area (Å²) in [5, 5.41) is 2.90. The quantitative estimate of drug-likeness (QED) is 0.724. The number of amides is 1. The summed E-state index contributed by atoms with van der Waals surface area (Å²) in [6.45, 7) is 4.88. The summed E-state index contributed by atoms with van der Waals surface area (Å²) >= 11 is 0. The van der Waals surface area contributed by atoms with Crippen LogP contribution in [-0.4, -0.2) is 45.4 Å². The van der Waals surface area contributed by atoms with Gasteiger partial charge in [-0.2, -0.15) is 4.31 Å². The first-order chi connectivity index (χ1) is 14.3. The third-order valence-corrected chi connectivity index (χ3v) is 7.16. The summed E-state index contributed by atoms with van der Waals surface area (Å²) in [5.41, 5.74) is 1.48. The molecule has 0 spiro atoms. The molecule has 1 fully saturated rings. The maximum Gasteiger partial charge on any atom is 0.243 e. The Balaban J connectivity index is 1.61. The van der Waals surface area contributed by atoms with Crippen LogP contribution in [0.1, 0.15) is 25.3 Å². The summed E-state index contributed by atoms with van der Waals surface area (Å²) in [6.07, 6.45) is 0.967. The minimum atomic E-state index is -3.60. The second-order valence-corrected chi connectivity index (χ2v) is 9.19. The Bertz CT molecular complexity index is 981. The fourth-order valence-corrected chi connectivity index (χ4v) is 5.08. The molecule has 0 aliphatic carbocycles. The van der Waals surface area contributed by atoms with Crippen LogP contribution < -0.4 is 14.8 Å². The highest BCUT2D eigenvalue weighted by Gasteiger charge is 2.32. The van der Waals surface area contributed by atoms with Crippen LogP contribution in [0.4, 0.5) is 5.69 Å². The molecule has 7 nitrogen and oxygen atoms in total. The van der Waals surface area contributed by atoms with E-state index in [1.807, 2.05) is 13.8 Å². The monoisotopic (exact) mass is 432 g/mol. The number of methoxy groups -OCH3 is 1. The molecule has 1 heterocycles. The molecule has 2 aromatic rings. The van der Waals surface area contributed by atoms with Crippen LogP contribution in [0.25, 0.3) is 0 Å². The van der Waals surface area contributed by atoms with Gasteiger partial charge in [-0.25, -0.2) is 8.42 Å². The minimum absolute atomic E-state index is 0.0888. The van der Waals surface area contributed by atoms with Gasteiger partial charge >= 0.3 is 0 Å². The standard InChI is InChI=1S/C22H28N2O5S/c1-4-29-21-10-9-20(15-16(21)2)30(26,27)24-13-11-17(12-14-24)22(25)23-18-5-7-19(28-3)8-6-18/h5-10,15,17H,4,11-14H2,1-3H3,(H,23,25). The number of piperidine rings is 1. The highest BCUT2D eigenvalue weighted by atomic mass is 32.2. The van der Waals surface area contributed by atoms with E-state index >= 15 is 0 Å². The summed E-state index contributed by atoms with van der Waals surface area (Å²) in [7, 11) is -2.01. The molecule has 1 N–H and O–H groups in total. The van der Waals surface area contributed by atoms with Crippen molar-refractivity contribution in [2.45, 2.75) is 31.6 Å². The summed E-state index contributed by atoms with van der Waals surface area (Å²) < 4.78 is 38.1. The van der Waals surface area contributed by atoms with Gasteiger partial charge in [0.05, 0.1) is 18.6 Å². The summed E-state index contributed by atoms with van der Waals surface area (Å²) in [6, 6.07) is 12.0. The van der Waals surface area contributed by atoms with Gasteiger partial charge in [0.1, 0.15) is 11.5 Å². The molecule has 3 rings (SSSR count). The van der Waals surface area contributed by atoms with Crippen molar-refractivity contribution in [3.8, 4) is 11.5 Å². The summed E-state index contributed by atoms with van der Waals surface area (Å²) in [5.74, 6) is 1.09. The molecule has 8 heteroatoms. The van der Waals surface area contributed by atoms with Crippen LogP contribution in [0.3, 0.4) is 0 Å². The van der Waals surface area contributed by atoms with Crippen molar-refractivity contribution in [3.05, 3.63) is 48.0 Å². The van der Waals surface area contributed by atoms with Gasteiger partial charge in [0.2, 0.25) is 15.9 Å². The third kappa shape index (κ3) is 4.94. The van der Waals surface area contributed by atoms with Crippen LogP contribution in [0, 0.1) is 12.8 Å². The lowest BCUT2D eigenvalue weighted by Crippen LogP contribution is -2.41. The first-order valence-electron chi connectivity index (χ1n) is 10.0. The Kier molecular flexibility index (Phi) is 6.99. The minimum Gasteiger partial charge on any atom is -0.497 e. The number of aryl methyl sites for hydroxylation is 1. The predicted octanol–water partition coefficient (Wildman–Crippen LogP) is 3.44. The van der Waals surface area contributed by atoms with E-state index in [9.17, 15) is 13.2 Å². The van der Waals surface area contributed by atoms with Crippen molar-refractivity contribution in [1.82, 2.24) is 4.31 Å². The van der Waals surface area contributed by atoms with Crippen LogP contribution in [0.2, 0.25) is 0 Å². The number of benzene rings is 2. The largest absolute Gasteiger partial charge is 0.497 e. The van der Waals surface area contributed by atoms with Crippen molar-refractivity contribution in [2.24, 2.45) is 5.92 Å².